The Labute approximate surface area is 125 Å². The summed E-state index contributed by atoms with van der Waals surface area (Å²) < 4.78 is 0. The lowest BCUT2D eigenvalue weighted by Gasteiger charge is -2.17. The van der Waals surface area contributed by atoms with Gasteiger partial charge in [-0.15, -0.1) is 0 Å². The van der Waals surface area contributed by atoms with E-state index in [9.17, 15) is 9.59 Å². The second-order valence-corrected chi connectivity index (χ2v) is 7.27. The summed E-state index contributed by atoms with van der Waals surface area (Å²) in [5, 5.41) is 5.97. The Kier molecular flexibility index (Phi) is 2.91. The summed E-state index contributed by atoms with van der Waals surface area (Å²) in [5.41, 5.74) is 2.80. The van der Waals surface area contributed by atoms with E-state index in [2.05, 4.69) is 38.3 Å². The van der Waals surface area contributed by atoms with Gasteiger partial charge >= 0.3 is 0 Å². The van der Waals surface area contributed by atoms with E-state index in [1.54, 1.807) is 6.07 Å². The zero-order chi connectivity index (χ0) is 15.4. The molecule has 0 atom stereocenters. The number of amides is 2. The average Bonchev–Trinajstić information content (AvgIpc) is 2.80. The predicted molar refractivity (Wildman–Crippen MR) is 82.2 cm³/mol. The van der Waals surface area contributed by atoms with Gasteiger partial charge < -0.3 is 10.6 Å². The van der Waals surface area contributed by atoms with Gasteiger partial charge in [-0.3, -0.25) is 9.59 Å². The van der Waals surface area contributed by atoms with E-state index >= 15 is 0 Å². The highest BCUT2D eigenvalue weighted by Gasteiger charge is 2.65. The number of anilines is 1. The predicted octanol–water partition coefficient (Wildman–Crippen LogP) is 2.74. The SMILES string of the molecule is CC1(C)C(NC(=O)c2ccc3c(c2)CCC(=O)N3)C1(C)C. The van der Waals surface area contributed by atoms with Crippen LogP contribution in [0.2, 0.25) is 0 Å². The van der Waals surface area contributed by atoms with E-state index in [0.29, 0.717) is 18.4 Å². The van der Waals surface area contributed by atoms with Crippen LogP contribution in [-0.2, 0) is 11.2 Å². The minimum absolute atomic E-state index is 0.0293. The summed E-state index contributed by atoms with van der Waals surface area (Å²) in [6.45, 7) is 8.72. The zero-order valence-electron chi connectivity index (χ0n) is 13.0. The first-order valence-corrected chi connectivity index (χ1v) is 7.47. The van der Waals surface area contributed by atoms with Gasteiger partial charge in [-0.1, -0.05) is 27.7 Å². The maximum absolute atomic E-state index is 12.4. The van der Waals surface area contributed by atoms with Crippen LogP contribution < -0.4 is 10.6 Å². The highest BCUT2D eigenvalue weighted by molar-refractivity contribution is 5.98. The Balaban J connectivity index is 1.76. The topological polar surface area (TPSA) is 58.2 Å². The summed E-state index contributed by atoms with van der Waals surface area (Å²) in [6.07, 6.45) is 1.18. The van der Waals surface area contributed by atoms with Crippen LogP contribution in [0, 0.1) is 10.8 Å². The third kappa shape index (κ3) is 2.13. The maximum Gasteiger partial charge on any atom is 0.251 e. The molecular weight excluding hydrogens is 264 g/mol. The Bertz CT molecular complexity index is 618. The van der Waals surface area contributed by atoms with Crippen LogP contribution in [0.4, 0.5) is 5.69 Å². The second-order valence-electron chi connectivity index (χ2n) is 7.27. The highest BCUT2D eigenvalue weighted by atomic mass is 16.2. The number of aryl methyl sites for hydroxylation is 1. The summed E-state index contributed by atoms with van der Waals surface area (Å²) in [7, 11) is 0. The first kappa shape index (κ1) is 14.1. The maximum atomic E-state index is 12.4. The number of hydrogen-bond acceptors (Lipinski definition) is 2. The van der Waals surface area contributed by atoms with Crippen molar-refractivity contribution < 1.29 is 9.59 Å². The molecular formula is C17H22N2O2. The molecule has 112 valence electrons. The monoisotopic (exact) mass is 286 g/mol. The van der Waals surface area contributed by atoms with Crippen molar-refractivity contribution >= 4 is 17.5 Å². The molecule has 3 rings (SSSR count). The number of carbonyl (C=O) groups excluding carboxylic acids is 2. The molecule has 1 aliphatic heterocycles. The smallest absolute Gasteiger partial charge is 0.251 e. The molecule has 0 radical (unpaired) electrons. The number of fused-ring (bicyclic) bond motifs is 1. The first-order valence-electron chi connectivity index (χ1n) is 7.47. The number of carbonyl (C=O) groups is 2. The van der Waals surface area contributed by atoms with Crippen molar-refractivity contribution in [3.05, 3.63) is 29.3 Å². The summed E-state index contributed by atoms with van der Waals surface area (Å²) >= 11 is 0. The minimum atomic E-state index is -0.0293. The highest BCUT2D eigenvalue weighted by Crippen LogP contribution is 2.62. The van der Waals surface area contributed by atoms with Crippen LogP contribution in [-0.4, -0.2) is 17.9 Å². The van der Waals surface area contributed by atoms with Gasteiger partial charge in [0.25, 0.3) is 5.91 Å². The molecule has 1 fully saturated rings. The zero-order valence-corrected chi connectivity index (χ0v) is 13.0. The molecule has 0 saturated heterocycles. The third-order valence-electron chi connectivity index (χ3n) is 5.56. The molecule has 1 aromatic carbocycles. The average molecular weight is 286 g/mol. The Morgan fingerprint density at radius 3 is 2.48 bits per heavy atom. The van der Waals surface area contributed by atoms with E-state index in [1.165, 1.54) is 0 Å². The van der Waals surface area contributed by atoms with E-state index < -0.39 is 0 Å². The molecule has 2 N–H and O–H groups in total. The standard InChI is InChI=1S/C17H22N2O2/c1-16(2)15(17(16,3)4)19-14(21)11-5-7-12-10(9-11)6-8-13(20)18-12/h5,7,9,15H,6,8H2,1-4H3,(H,18,20)(H,19,21). The van der Waals surface area contributed by atoms with Crippen LogP contribution in [0.25, 0.3) is 0 Å². The molecule has 0 bridgehead atoms. The summed E-state index contributed by atoms with van der Waals surface area (Å²) in [6, 6.07) is 5.70. The van der Waals surface area contributed by atoms with Gasteiger partial charge in [0.15, 0.2) is 0 Å². The molecule has 2 amide bonds. The van der Waals surface area contributed by atoms with Gasteiger partial charge in [-0.2, -0.15) is 0 Å². The van der Waals surface area contributed by atoms with Crippen molar-refractivity contribution in [3.63, 3.8) is 0 Å². The van der Waals surface area contributed by atoms with Crippen molar-refractivity contribution in [2.45, 2.75) is 46.6 Å². The molecule has 4 heteroatoms. The van der Waals surface area contributed by atoms with Crippen LogP contribution in [0.3, 0.4) is 0 Å². The van der Waals surface area contributed by atoms with Crippen LogP contribution in [0.15, 0.2) is 18.2 Å². The summed E-state index contributed by atoms with van der Waals surface area (Å²) in [5.74, 6) is 0.0135. The largest absolute Gasteiger partial charge is 0.348 e. The van der Waals surface area contributed by atoms with Crippen molar-refractivity contribution in [2.24, 2.45) is 10.8 Å². The fourth-order valence-corrected chi connectivity index (χ4v) is 3.30. The number of benzene rings is 1. The molecule has 4 nitrogen and oxygen atoms in total. The van der Waals surface area contributed by atoms with E-state index in [-0.39, 0.29) is 28.7 Å². The van der Waals surface area contributed by atoms with Gasteiger partial charge in [-0.05, 0) is 41.0 Å². The lowest BCUT2D eigenvalue weighted by Crippen LogP contribution is -2.30. The van der Waals surface area contributed by atoms with E-state index in [4.69, 9.17) is 0 Å². The van der Waals surface area contributed by atoms with Crippen molar-refractivity contribution in [1.29, 1.82) is 0 Å². The normalized spacial score (nSPS) is 22.2. The molecule has 0 aromatic heterocycles. The lowest BCUT2D eigenvalue weighted by molar-refractivity contribution is -0.116. The molecule has 2 aliphatic rings. The molecule has 1 heterocycles. The molecule has 1 aliphatic carbocycles. The van der Waals surface area contributed by atoms with Gasteiger partial charge in [-0.25, -0.2) is 0 Å². The van der Waals surface area contributed by atoms with Crippen LogP contribution in [0.1, 0.15) is 50.0 Å². The lowest BCUT2D eigenvalue weighted by atomic mass is 10.00. The van der Waals surface area contributed by atoms with Gasteiger partial charge in [0, 0.05) is 23.7 Å². The molecule has 0 unspecified atom stereocenters. The first-order chi connectivity index (χ1) is 9.73. The fourth-order valence-electron chi connectivity index (χ4n) is 3.30. The van der Waals surface area contributed by atoms with Crippen molar-refractivity contribution in [1.82, 2.24) is 5.32 Å². The number of rotatable bonds is 2. The van der Waals surface area contributed by atoms with E-state index in [1.807, 2.05) is 12.1 Å². The van der Waals surface area contributed by atoms with Crippen LogP contribution in [0.5, 0.6) is 0 Å². The summed E-state index contributed by atoms with van der Waals surface area (Å²) in [4.78, 5) is 23.8. The fraction of sp³-hybridized carbons (Fsp3) is 0.529. The minimum Gasteiger partial charge on any atom is -0.348 e. The number of nitrogens with one attached hydrogen (secondary N) is 2. The molecule has 21 heavy (non-hydrogen) atoms. The Hall–Kier alpha value is -1.84. The quantitative estimate of drug-likeness (QED) is 0.878. The Morgan fingerprint density at radius 1 is 1.19 bits per heavy atom. The Morgan fingerprint density at radius 2 is 1.86 bits per heavy atom. The third-order valence-corrected chi connectivity index (χ3v) is 5.56. The second kappa shape index (κ2) is 4.33. The number of hydrogen-bond donors (Lipinski definition) is 2. The van der Waals surface area contributed by atoms with Crippen molar-refractivity contribution in [3.8, 4) is 0 Å². The molecule has 1 saturated carbocycles. The van der Waals surface area contributed by atoms with Gasteiger partial charge in [0.2, 0.25) is 5.91 Å². The van der Waals surface area contributed by atoms with Crippen LogP contribution >= 0.6 is 0 Å². The van der Waals surface area contributed by atoms with Gasteiger partial charge in [0.1, 0.15) is 0 Å². The van der Waals surface area contributed by atoms with Crippen molar-refractivity contribution in [2.75, 3.05) is 5.32 Å². The van der Waals surface area contributed by atoms with Gasteiger partial charge in [0.05, 0.1) is 0 Å². The molecule has 1 aromatic rings. The van der Waals surface area contributed by atoms with E-state index in [0.717, 1.165) is 11.3 Å². The molecule has 0 spiro atoms.